The molecule has 1 rings (SSSR count). The van der Waals surface area contributed by atoms with Gasteiger partial charge in [0.1, 0.15) is 0 Å². The minimum Gasteiger partial charge on any atom is -0.0958 e. The van der Waals surface area contributed by atoms with Gasteiger partial charge in [0.05, 0.1) is 0 Å². The van der Waals surface area contributed by atoms with Crippen LogP contribution >= 0.6 is 0 Å². The Morgan fingerprint density at radius 1 is 1.08 bits per heavy atom. The highest BCUT2D eigenvalue weighted by Gasteiger charge is 2.46. The van der Waals surface area contributed by atoms with E-state index in [1.54, 1.807) is 0 Å². The van der Waals surface area contributed by atoms with Crippen LogP contribution in [0.4, 0.5) is 0 Å². The zero-order valence-corrected chi connectivity index (χ0v) is 9.54. The lowest BCUT2D eigenvalue weighted by Gasteiger charge is -2.40. The molecule has 1 atom stereocenters. The van der Waals surface area contributed by atoms with Crippen LogP contribution in [0.1, 0.15) is 47.0 Å². The van der Waals surface area contributed by atoms with Gasteiger partial charge in [-0.05, 0) is 36.2 Å². The van der Waals surface area contributed by atoms with E-state index in [1.807, 2.05) is 0 Å². The van der Waals surface area contributed by atoms with Crippen molar-refractivity contribution in [3.05, 3.63) is 24.3 Å². The summed E-state index contributed by atoms with van der Waals surface area (Å²) in [5, 5.41) is 0. The number of rotatable bonds is 2. The molecule has 13 heavy (non-hydrogen) atoms. The van der Waals surface area contributed by atoms with Crippen molar-refractivity contribution in [2.45, 2.75) is 47.0 Å². The van der Waals surface area contributed by atoms with Crippen molar-refractivity contribution in [3.8, 4) is 0 Å². The summed E-state index contributed by atoms with van der Waals surface area (Å²) in [6, 6.07) is 0. The van der Waals surface area contributed by atoms with Crippen LogP contribution in [0.2, 0.25) is 0 Å². The van der Waals surface area contributed by atoms with Crippen LogP contribution in [0.3, 0.4) is 0 Å². The molecule has 0 aliphatic heterocycles. The van der Waals surface area contributed by atoms with Crippen LogP contribution < -0.4 is 0 Å². The molecule has 0 amide bonds. The maximum absolute atomic E-state index is 4.20. The second-order valence-corrected chi connectivity index (χ2v) is 5.33. The van der Waals surface area contributed by atoms with Crippen LogP contribution in [0.15, 0.2) is 24.3 Å². The lowest BCUT2D eigenvalue weighted by atomic mass is 9.64. The minimum absolute atomic E-state index is 0.277. The predicted molar refractivity (Wildman–Crippen MR) is 59.7 cm³/mol. The highest BCUT2D eigenvalue weighted by atomic mass is 14.5. The van der Waals surface area contributed by atoms with Gasteiger partial charge in [0.2, 0.25) is 0 Å². The second-order valence-electron chi connectivity index (χ2n) is 5.33. The van der Waals surface area contributed by atoms with Crippen molar-refractivity contribution >= 4 is 0 Å². The Kier molecular flexibility index (Phi) is 2.44. The average Bonchev–Trinajstić information content (AvgIpc) is 2.26. The molecule has 0 aromatic heterocycles. The van der Waals surface area contributed by atoms with Crippen molar-refractivity contribution in [1.82, 2.24) is 0 Å². The molecule has 0 heterocycles. The first-order chi connectivity index (χ1) is 5.81. The summed E-state index contributed by atoms with van der Waals surface area (Å²) in [6.45, 7) is 17.3. The summed E-state index contributed by atoms with van der Waals surface area (Å²) in [6.07, 6.45) is 3.91. The highest BCUT2D eigenvalue weighted by Crippen LogP contribution is 2.57. The van der Waals surface area contributed by atoms with Crippen LogP contribution in [0.5, 0.6) is 0 Å². The molecule has 0 spiro atoms. The van der Waals surface area contributed by atoms with E-state index in [9.17, 15) is 0 Å². The predicted octanol–water partition coefficient (Wildman–Crippen LogP) is 4.34. The maximum Gasteiger partial charge on any atom is -0.00276 e. The van der Waals surface area contributed by atoms with Gasteiger partial charge in [0.25, 0.3) is 0 Å². The molecule has 0 radical (unpaired) electrons. The Labute approximate surface area is 82.7 Å². The fraction of sp³-hybridized carbons (Fsp3) is 0.692. The van der Waals surface area contributed by atoms with Gasteiger partial charge in [-0.15, -0.1) is 0 Å². The third kappa shape index (κ3) is 1.47. The van der Waals surface area contributed by atoms with Crippen LogP contribution in [0.25, 0.3) is 0 Å². The Hall–Kier alpha value is -0.520. The molecule has 0 aromatic rings. The molecule has 0 saturated heterocycles. The Balaban J connectivity index is 3.00. The summed E-state index contributed by atoms with van der Waals surface area (Å²) in [4.78, 5) is 0. The van der Waals surface area contributed by atoms with E-state index in [0.717, 1.165) is 5.57 Å². The molecule has 0 heteroatoms. The quantitative estimate of drug-likeness (QED) is 0.552. The molecule has 1 aliphatic carbocycles. The summed E-state index contributed by atoms with van der Waals surface area (Å²) in [5.41, 5.74) is 3.08. The van der Waals surface area contributed by atoms with Crippen LogP contribution in [0, 0.1) is 10.8 Å². The fourth-order valence-corrected chi connectivity index (χ4v) is 2.53. The lowest BCUT2D eigenvalue weighted by molar-refractivity contribution is 0.180. The smallest absolute Gasteiger partial charge is 0.00276 e. The first kappa shape index (κ1) is 10.6. The standard InChI is InChI=1S/C13H22/c1-10(2)11(3)13(6)9-7-8-12(13,4)5/h1,3,7-9H2,2,4-6H3. The fourth-order valence-electron chi connectivity index (χ4n) is 2.53. The number of allylic oxidation sites excluding steroid dienone is 2. The topological polar surface area (TPSA) is 0 Å². The van der Waals surface area contributed by atoms with Gasteiger partial charge in [-0.25, -0.2) is 0 Å². The van der Waals surface area contributed by atoms with E-state index in [-0.39, 0.29) is 5.41 Å². The average molecular weight is 178 g/mol. The zero-order chi connectivity index (χ0) is 10.3. The third-order valence-electron chi connectivity index (χ3n) is 4.15. The molecule has 0 aromatic carbocycles. The minimum atomic E-state index is 0.277. The van der Waals surface area contributed by atoms with E-state index in [4.69, 9.17) is 0 Å². The maximum atomic E-state index is 4.20. The van der Waals surface area contributed by atoms with Crippen molar-refractivity contribution in [1.29, 1.82) is 0 Å². The Morgan fingerprint density at radius 2 is 1.62 bits per heavy atom. The Morgan fingerprint density at radius 3 is 1.92 bits per heavy atom. The number of hydrogen-bond acceptors (Lipinski definition) is 0. The van der Waals surface area contributed by atoms with Gasteiger partial charge in [-0.2, -0.15) is 0 Å². The first-order valence-corrected chi connectivity index (χ1v) is 5.16. The molecular formula is C13H22. The molecule has 0 bridgehead atoms. The SMILES string of the molecule is C=C(C)C(=C)C1(C)CCCC1(C)C. The van der Waals surface area contributed by atoms with E-state index >= 15 is 0 Å². The largest absolute Gasteiger partial charge is 0.0958 e. The lowest BCUT2D eigenvalue weighted by Crippen LogP contribution is -2.31. The van der Waals surface area contributed by atoms with Crippen LogP contribution in [-0.4, -0.2) is 0 Å². The molecule has 1 unspecified atom stereocenters. The normalized spacial score (nSPS) is 31.7. The van der Waals surface area contributed by atoms with E-state index in [1.165, 1.54) is 24.8 Å². The van der Waals surface area contributed by atoms with Crippen LogP contribution in [-0.2, 0) is 0 Å². The molecule has 0 nitrogen and oxygen atoms in total. The molecule has 1 saturated carbocycles. The van der Waals surface area contributed by atoms with Crippen molar-refractivity contribution in [2.75, 3.05) is 0 Å². The van der Waals surface area contributed by atoms with Gasteiger partial charge >= 0.3 is 0 Å². The monoisotopic (exact) mass is 178 g/mol. The van der Waals surface area contributed by atoms with Gasteiger partial charge in [0.15, 0.2) is 0 Å². The Bertz CT molecular complexity index is 245. The van der Waals surface area contributed by atoms with E-state index in [2.05, 4.69) is 40.9 Å². The van der Waals surface area contributed by atoms with Crippen molar-refractivity contribution in [3.63, 3.8) is 0 Å². The summed E-state index contributed by atoms with van der Waals surface area (Å²) in [7, 11) is 0. The number of hydrogen-bond donors (Lipinski definition) is 0. The summed E-state index contributed by atoms with van der Waals surface area (Å²) < 4.78 is 0. The highest BCUT2D eigenvalue weighted by molar-refractivity contribution is 5.32. The molecule has 0 N–H and O–H groups in total. The van der Waals surface area contributed by atoms with Crippen molar-refractivity contribution in [2.24, 2.45) is 10.8 Å². The molecule has 74 valence electrons. The second kappa shape index (κ2) is 3.01. The van der Waals surface area contributed by atoms with Gasteiger partial charge in [0, 0.05) is 0 Å². The molecule has 1 fully saturated rings. The molecular weight excluding hydrogens is 156 g/mol. The summed E-state index contributed by atoms with van der Waals surface area (Å²) in [5.74, 6) is 0. The molecule has 1 aliphatic rings. The van der Waals surface area contributed by atoms with E-state index in [0.29, 0.717) is 5.41 Å². The van der Waals surface area contributed by atoms with Gasteiger partial charge in [-0.1, -0.05) is 45.9 Å². The zero-order valence-electron chi connectivity index (χ0n) is 9.54. The summed E-state index contributed by atoms with van der Waals surface area (Å²) >= 11 is 0. The van der Waals surface area contributed by atoms with Gasteiger partial charge < -0.3 is 0 Å². The third-order valence-corrected chi connectivity index (χ3v) is 4.15. The van der Waals surface area contributed by atoms with Gasteiger partial charge in [-0.3, -0.25) is 0 Å². The van der Waals surface area contributed by atoms with Crippen molar-refractivity contribution < 1.29 is 0 Å². The van der Waals surface area contributed by atoms with E-state index < -0.39 is 0 Å². The first-order valence-electron chi connectivity index (χ1n) is 5.16.